The van der Waals surface area contributed by atoms with E-state index in [9.17, 15) is 0 Å². The van der Waals surface area contributed by atoms with Crippen molar-refractivity contribution < 1.29 is 4.74 Å². The molecule has 3 heteroatoms. The van der Waals surface area contributed by atoms with Gasteiger partial charge in [0, 0.05) is 24.8 Å². The Morgan fingerprint density at radius 1 is 1.44 bits per heavy atom. The summed E-state index contributed by atoms with van der Waals surface area (Å²) in [6.07, 6.45) is 1.13. The molecule has 0 aromatic heterocycles. The Bertz CT molecular complexity index is 340. The summed E-state index contributed by atoms with van der Waals surface area (Å²) in [5, 5.41) is 0. The first-order valence-electron chi connectivity index (χ1n) is 5.96. The van der Waals surface area contributed by atoms with E-state index in [1.807, 2.05) is 18.2 Å². The Hall–Kier alpha value is -1.06. The van der Waals surface area contributed by atoms with Crippen LogP contribution in [0.5, 0.6) is 0 Å². The maximum Gasteiger partial charge on any atom is 0.0622 e. The molecule has 1 aliphatic heterocycles. The average Bonchev–Trinajstić information content (AvgIpc) is 2.33. The van der Waals surface area contributed by atoms with Gasteiger partial charge >= 0.3 is 0 Å². The summed E-state index contributed by atoms with van der Waals surface area (Å²) >= 11 is 0. The monoisotopic (exact) mass is 220 g/mol. The standard InChI is InChI=1S/C13H20N2O/c1-2-12-10-16-8-7-15(12)9-11-5-3-4-6-13(11)14/h3-6,12H,2,7-10,14H2,1H3. The second-order valence-corrected chi connectivity index (χ2v) is 4.31. The van der Waals surface area contributed by atoms with Crippen LogP contribution in [0.15, 0.2) is 24.3 Å². The normalized spacial score (nSPS) is 22.2. The van der Waals surface area contributed by atoms with Crippen LogP contribution in [0.4, 0.5) is 5.69 Å². The number of rotatable bonds is 3. The zero-order chi connectivity index (χ0) is 11.4. The molecule has 1 atom stereocenters. The van der Waals surface area contributed by atoms with Crippen LogP contribution in [0.25, 0.3) is 0 Å². The van der Waals surface area contributed by atoms with Crippen molar-refractivity contribution in [2.45, 2.75) is 25.9 Å². The van der Waals surface area contributed by atoms with E-state index in [4.69, 9.17) is 10.5 Å². The van der Waals surface area contributed by atoms with E-state index in [0.717, 1.165) is 38.4 Å². The summed E-state index contributed by atoms with van der Waals surface area (Å²) in [7, 11) is 0. The van der Waals surface area contributed by atoms with E-state index >= 15 is 0 Å². The number of ether oxygens (including phenoxy) is 1. The van der Waals surface area contributed by atoms with Crippen LogP contribution in [0.3, 0.4) is 0 Å². The second-order valence-electron chi connectivity index (χ2n) is 4.31. The maximum absolute atomic E-state index is 5.97. The van der Waals surface area contributed by atoms with Gasteiger partial charge < -0.3 is 10.5 Å². The van der Waals surface area contributed by atoms with Crippen molar-refractivity contribution in [1.82, 2.24) is 4.90 Å². The lowest BCUT2D eigenvalue weighted by Crippen LogP contribution is -2.44. The van der Waals surface area contributed by atoms with Crippen LogP contribution in [0.1, 0.15) is 18.9 Å². The first kappa shape index (κ1) is 11.4. The minimum Gasteiger partial charge on any atom is -0.398 e. The van der Waals surface area contributed by atoms with Crippen LogP contribution in [-0.2, 0) is 11.3 Å². The van der Waals surface area contributed by atoms with E-state index in [1.165, 1.54) is 5.56 Å². The molecular weight excluding hydrogens is 200 g/mol. The van der Waals surface area contributed by atoms with Crippen LogP contribution in [0.2, 0.25) is 0 Å². The topological polar surface area (TPSA) is 38.5 Å². The van der Waals surface area contributed by atoms with Gasteiger partial charge in [-0.1, -0.05) is 25.1 Å². The lowest BCUT2D eigenvalue weighted by Gasteiger charge is -2.35. The quantitative estimate of drug-likeness (QED) is 0.790. The first-order chi connectivity index (χ1) is 7.81. The molecular formula is C13H20N2O. The van der Waals surface area contributed by atoms with Gasteiger partial charge in [0.05, 0.1) is 13.2 Å². The highest BCUT2D eigenvalue weighted by molar-refractivity contribution is 5.46. The summed E-state index contributed by atoms with van der Waals surface area (Å²) < 4.78 is 5.50. The van der Waals surface area contributed by atoms with Gasteiger partial charge in [0.15, 0.2) is 0 Å². The molecule has 1 aromatic rings. The number of para-hydroxylation sites is 1. The first-order valence-corrected chi connectivity index (χ1v) is 5.96. The minimum atomic E-state index is 0.536. The van der Waals surface area contributed by atoms with Crippen molar-refractivity contribution >= 4 is 5.69 Å². The van der Waals surface area contributed by atoms with Crippen LogP contribution in [-0.4, -0.2) is 30.7 Å². The predicted molar refractivity (Wildman–Crippen MR) is 66.2 cm³/mol. The molecule has 3 nitrogen and oxygen atoms in total. The highest BCUT2D eigenvalue weighted by Gasteiger charge is 2.21. The van der Waals surface area contributed by atoms with E-state index in [1.54, 1.807) is 0 Å². The number of nitrogen functional groups attached to an aromatic ring is 1. The van der Waals surface area contributed by atoms with Gasteiger partial charge in [-0.05, 0) is 18.1 Å². The fraction of sp³-hybridized carbons (Fsp3) is 0.538. The molecule has 88 valence electrons. The Balaban J connectivity index is 2.05. The molecule has 16 heavy (non-hydrogen) atoms. The van der Waals surface area contributed by atoms with Crippen molar-refractivity contribution in [3.8, 4) is 0 Å². The van der Waals surface area contributed by atoms with Crippen molar-refractivity contribution in [1.29, 1.82) is 0 Å². The third-order valence-corrected chi connectivity index (χ3v) is 3.25. The molecule has 2 rings (SSSR count). The molecule has 0 bridgehead atoms. The molecule has 1 saturated heterocycles. The van der Waals surface area contributed by atoms with E-state index in [0.29, 0.717) is 6.04 Å². The number of anilines is 1. The number of benzene rings is 1. The van der Waals surface area contributed by atoms with Gasteiger partial charge in [-0.25, -0.2) is 0 Å². The minimum absolute atomic E-state index is 0.536. The fourth-order valence-corrected chi connectivity index (χ4v) is 2.17. The Morgan fingerprint density at radius 3 is 3.00 bits per heavy atom. The summed E-state index contributed by atoms with van der Waals surface area (Å²) in [5.41, 5.74) is 8.08. The molecule has 0 aliphatic carbocycles. The molecule has 0 saturated carbocycles. The molecule has 1 fully saturated rings. The SMILES string of the molecule is CCC1COCCN1Cc1ccccc1N. The fourth-order valence-electron chi connectivity index (χ4n) is 2.17. The van der Waals surface area contributed by atoms with Gasteiger partial charge in [-0.2, -0.15) is 0 Å². The zero-order valence-corrected chi connectivity index (χ0v) is 9.86. The summed E-state index contributed by atoms with van der Waals surface area (Å²) in [6, 6.07) is 8.64. The second kappa shape index (κ2) is 5.32. The van der Waals surface area contributed by atoms with Gasteiger partial charge in [0.1, 0.15) is 0 Å². The lowest BCUT2D eigenvalue weighted by molar-refractivity contribution is -0.0126. The highest BCUT2D eigenvalue weighted by atomic mass is 16.5. The van der Waals surface area contributed by atoms with E-state index < -0.39 is 0 Å². The Labute approximate surface area is 97.2 Å². The average molecular weight is 220 g/mol. The molecule has 2 N–H and O–H groups in total. The highest BCUT2D eigenvalue weighted by Crippen LogP contribution is 2.18. The molecule has 0 amide bonds. The van der Waals surface area contributed by atoms with Crippen molar-refractivity contribution in [2.75, 3.05) is 25.5 Å². The summed E-state index contributed by atoms with van der Waals surface area (Å²) in [5.74, 6) is 0. The largest absolute Gasteiger partial charge is 0.398 e. The van der Waals surface area contributed by atoms with Gasteiger partial charge in [-0.3, -0.25) is 4.90 Å². The van der Waals surface area contributed by atoms with Crippen molar-refractivity contribution in [3.63, 3.8) is 0 Å². The Morgan fingerprint density at radius 2 is 2.25 bits per heavy atom. The third-order valence-electron chi connectivity index (χ3n) is 3.25. The van der Waals surface area contributed by atoms with Gasteiger partial charge in [0.25, 0.3) is 0 Å². The summed E-state index contributed by atoms with van der Waals surface area (Å²) in [6.45, 7) is 5.84. The van der Waals surface area contributed by atoms with E-state index in [2.05, 4.69) is 17.9 Å². The van der Waals surface area contributed by atoms with Crippen LogP contribution in [0, 0.1) is 0 Å². The van der Waals surface area contributed by atoms with Crippen molar-refractivity contribution in [2.24, 2.45) is 0 Å². The van der Waals surface area contributed by atoms with Crippen LogP contribution < -0.4 is 5.73 Å². The maximum atomic E-state index is 5.97. The molecule has 0 spiro atoms. The smallest absolute Gasteiger partial charge is 0.0622 e. The summed E-state index contributed by atoms with van der Waals surface area (Å²) in [4.78, 5) is 2.47. The molecule has 1 heterocycles. The zero-order valence-electron chi connectivity index (χ0n) is 9.86. The number of hydrogen-bond acceptors (Lipinski definition) is 3. The lowest BCUT2D eigenvalue weighted by atomic mass is 10.1. The van der Waals surface area contributed by atoms with Crippen molar-refractivity contribution in [3.05, 3.63) is 29.8 Å². The van der Waals surface area contributed by atoms with E-state index in [-0.39, 0.29) is 0 Å². The Kier molecular flexibility index (Phi) is 3.80. The predicted octanol–water partition coefficient (Wildman–Crippen LogP) is 1.88. The molecule has 1 unspecified atom stereocenters. The van der Waals surface area contributed by atoms with Crippen LogP contribution >= 0.6 is 0 Å². The number of nitrogens with zero attached hydrogens (tertiary/aromatic N) is 1. The third kappa shape index (κ3) is 2.54. The number of hydrogen-bond donors (Lipinski definition) is 1. The molecule has 1 aromatic carbocycles. The number of nitrogens with two attached hydrogens (primary N) is 1. The number of morpholine rings is 1. The molecule has 1 aliphatic rings. The van der Waals surface area contributed by atoms with Gasteiger partial charge in [0.2, 0.25) is 0 Å². The van der Waals surface area contributed by atoms with Gasteiger partial charge in [-0.15, -0.1) is 0 Å². The molecule has 0 radical (unpaired) electrons.